The van der Waals surface area contributed by atoms with E-state index in [1.807, 2.05) is 0 Å². The Labute approximate surface area is 124 Å². The van der Waals surface area contributed by atoms with Gasteiger partial charge in [-0.2, -0.15) is 0 Å². The van der Waals surface area contributed by atoms with E-state index in [1.54, 1.807) is 24.3 Å². The molecule has 116 valence electrons. The summed E-state index contributed by atoms with van der Waals surface area (Å²) in [6.07, 6.45) is 1.83. The van der Waals surface area contributed by atoms with Gasteiger partial charge in [-0.05, 0) is 37.1 Å². The minimum Gasteiger partial charge on any atom is -0.465 e. The van der Waals surface area contributed by atoms with Crippen molar-refractivity contribution in [2.45, 2.75) is 24.6 Å². The molecule has 0 spiro atoms. The number of carbonyl (C=O) groups excluding carboxylic acids is 1. The van der Waals surface area contributed by atoms with Crippen LogP contribution in [0.1, 0.15) is 28.8 Å². The normalized spacial score (nSPS) is 19.2. The number of esters is 1. The smallest absolute Gasteiger partial charge is 0.337 e. The first-order chi connectivity index (χ1) is 10.00. The molecular formula is C14H20N2O4S. The van der Waals surface area contributed by atoms with Gasteiger partial charge in [0.1, 0.15) is 0 Å². The lowest BCUT2D eigenvalue weighted by molar-refractivity contribution is 0.0600. The minimum atomic E-state index is -3.38. The monoisotopic (exact) mass is 312 g/mol. The molecule has 0 aliphatic carbocycles. The van der Waals surface area contributed by atoms with Crippen molar-refractivity contribution in [3.63, 3.8) is 0 Å². The zero-order valence-electron chi connectivity index (χ0n) is 12.0. The molecule has 0 amide bonds. The van der Waals surface area contributed by atoms with Crippen LogP contribution in [0, 0.1) is 0 Å². The molecule has 7 heteroatoms. The second kappa shape index (κ2) is 7.02. The van der Waals surface area contributed by atoms with E-state index >= 15 is 0 Å². The van der Waals surface area contributed by atoms with Crippen LogP contribution in [0.15, 0.2) is 24.3 Å². The van der Waals surface area contributed by atoms with Crippen molar-refractivity contribution in [2.24, 2.45) is 0 Å². The number of carbonyl (C=O) groups is 1. The molecule has 1 aliphatic heterocycles. The van der Waals surface area contributed by atoms with Gasteiger partial charge in [0.2, 0.25) is 10.0 Å². The molecule has 21 heavy (non-hydrogen) atoms. The summed E-state index contributed by atoms with van der Waals surface area (Å²) in [4.78, 5) is 11.3. The summed E-state index contributed by atoms with van der Waals surface area (Å²) >= 11 is 0. The Kier molecular flexibility index (Phi) is 5.33. The number of piperidine rings is 1. The molecule has 1 fully saturated rings. The number of rotatable bonds is 5. The van der Waals surface area contributed by atoms with Crippen LogP contribution in [-0.2, 0) is 20.5 Å². The molecule has 0 bridgehead atoms. The maximum absolute atomic E-state index is 12.1. The summed E-state index contributed by atoms with van der Waals surface area (Å²) in [6, 6.07) is 6.35. The molecule has 0 unspecified atom stereocenters. The van der Waals surface area contributed by atoms with Gasteiger partial charge in [0.05, 0.1) is 18.4 Å². The van der Waals surface area contributed by atoms with E-state index in [1.165, 1.54) is 7.11 Å². The third kappa shape index (κ3) is 4.80. The van der Waals surface area contributed by atoms with E-state index in [4.69, 9.17) is 0 Å². The number of nitrogens with one attached hydrogen (secondary N) is 2. The highest BCUT2D eigenvalue weighted by Gasteiger charge is 2.20. The van der Waals surface area contributed by atoms with Crippen molar-refractivity contribution in [1.29, 1.82) is 0 Å². The fourth-order valence-corrected chi connectivity index (χ4v) is 3.75. The van der Waals surface area contributed by atoms with Gasteiger partial charge >= 0.3 is 5.97 Å². The van der Waals surface area contributed by atoms with E-state index < -0.39 is 16.0 Å². The Morgan fingerprint density at radius 2 is 2.10 bits per heavy atom. The molecular weight excluding hydrogens is 292 g/mol. The predicted octanol–water partition coefficient (Wildman–Crippen LogP) is 0.645. The van der Waals surface area contributed by atoms with Crippen LogP contribution in [0.3, 0.4) is 0 Å². The van der Waals surface area contributed by atoms with Crippen LogP contribution >= 0.6 is 0 Å². The molecule has 1 aliphatic rings. The number of methoxy groups -OCH3 is 1. The SMILES string of the molecule is COC(=O)c1ccc(CS(=O)(=O)N[C@@H]2CCCNC2)cc1. The Morgan fingerprint density at radius 3 is 2.67 bits per heavy atom. The molecule has 1 atom stereocenters. The van der Waals surface area contributed by atoms with E-state index in [0.29, 0.717) is 17.7 Å². The fraction of sp³-hybridized carbons (Fsp3) is 0.500. The molecule has 1 aromatic carbocycles. The summed E-state index contributed by atoms with van der Waals surface area (Å²) in [6.45, 7) is 1.60. The number of hydrogen-bond acceptors (Lipinski definition) is 5. The van der Waals surface area contributed by atoms with Crippen molar-refractivity contribution in [1.82, 2.24) is 10.0 Å². The average Bonchev–Trinajstić information content (AvgIpc) is 2.47. The van der Waals surface area contributed by atoms with Gasteiger partial charge in [-0.15, -0.1) is 0 Å². The topological polar surface area (TPSA) is 84.5 Å². The van der Waals surface area contributed by atoms with Crippen molar-refractivity contribution < 1.29 is 17.9 Å². The summed E-state index contributed by atoms with van der Waals surface area (Å²) in [5.41, 5.74) is 1.04. The largest absolute Gasteiger partial charge is 0.465 e. The van der Waals surface area contributed by atoms with Crippen LogP contribution in [0.2, 0.25) is 0 Å². The van der Waals surface area contributed by atoms with Crippen molar-refractivity contribution in [3.05, 3.63) is 35.4 Å². The van der Waals surface area contributed by atoms with Gasteiger partial charge in [0.25, 0.3) is 0 Å². The minimum absolute atomic E-state index is 0.0434. The Balaban J connectivity index is 1.97. The van der Waals surface area contributed by atoms with Crippen LogP contribution < -0.4 is 10.0 Å². The molecule has 1 saturated heterocycles. The summed E-state index contributed by atoms with van der Waals surface area (Å²) < 4.78 is 31.5. The Morgan fingerprint density at radius 1 is 1.38 bits per heavy atom. The molecule has 1 aromatic rings. The first-order valence-corrected chi connectivity index (χ1v) is 8.53. The van der Waals surface area contributed by atoms with E-state index in [0.717, 1.165) is 19.4 Å². The quantitative estimate of drug-likeness (QED) is 0.780. The second-order valence-corrected chi connectivity index (χ2v) is 6.86. The molecule has 6 nitrogen and oxygen atoms in total. The fourth-order valence-electron chi connectivity index (χ4n) is 2.32. The highest BCUT2D eigenvalue weighted by atomic mass is 32.2. The van der Waals surface area contributed by atoms with Gasteiger partial charge in [0, 0.05) is 12.6 Å². The molecule has 0 aromatic heterocycles. The molecule has 0 saturated carbocycles. The lowest BCUT2D eigenvalue weighted by Crippen LogP contribution is -2.45. The van der Waals surface area contributed by atoms with Gasteiger partial charge in [-0.25, -0.2) is 17.9 Å². The maximum atomic E-state index is 12.1. The Bertz CT molecular complexity index is 577. The van der Waals surface area contributed by atoms with Crippen molar-refractivity contribution in [2.75, 3.05) is 20.2 Å². The van der Waals surface area contributed by atoms with Crippen LogP contribution in [-0.4, -0.2) is 40.6 Å². The number of ether oxygens (including phenoxy) is 1. The van der Waals surface area contributed by atoms with Crippen LogP contribution in [0.4, 0.5) is 0 Å². The standard InChI is InChI=1S/C14H20N2O4S/c1-20-14(17)12-6-4-11(5-7-12)10-21(18,19)16-13-3-2-8-15-9-13/h4-7,13,15-16H,2-3,8-10H2,1H3/t13-/m1/s1. The molecule has 0 radical (unpaired) electrons. The van der Waals surface area contributed by atoms with Gasteiger partial charge in [-0.3, -0.25) is 0 Å². The van der Waals surface area contributed by atoms with E-state index in [9.17, 15) is 13.2 Å². The lowest BCUT2D eigenvalue weighted by atomic mass is 10.1. The predicted molar refractivity (Wildman–Crippen MR) is 79.4 cm³/mol. The highest BCUT2D eigenvalue weighted by molar-refractivity contribution is 7.88. The average molecular weight is 312 g/mol. The molecule has 1 heterocycles. The third-order valence-corrected chi connectivity index (χ3v) is 4.78. The third-order valence-electron chi connectivity index (χ3n) is 3.37. The lowest BCUT2D eigenvalue weighted by Gasteiger charge is -2.23. The van der Waals surface area contributed by atoms with E-state index in [-0.39, 0.29) is 11.8 Å². The van der Waals surface area contributed by atoms with Gasteiger partial charge in [-0.1, -0.05) is 12.1 Å². The molecule has 2 N–H and O–H groups in total. The maximum Gasteiger partial charge on any atom is 0.337 e. The van der Waals surface area contributed by atoms with Crippen LogP contribution in [0.25, 0.3) is 0 Å². The van der Waals surface area contributed by atoms with Gasteiger partial charge < -0.3 is 10.1 Å². The van der Waals surface area contributed by atoms with E-state index in [2.05, 4.69) is 14.8 Å². The second-order valence-electron chi connectivity index (χ2n) is 5.11. The summed E-state index contributed by atoms with van der Waals surface area (Å²) in [7, 11) is -2.07. The van der Waals surface area contributed by atoms with Crippen LogP contribution in [0.5, 0.6) is 0 Å². The van der Waals surface area contributed by atoms with Gasteiger partial charge in [0.15, 0.2) is 0 Å². The summed E-state index contributed by atoms with van der Waals surface area (Å²) in [5.74, 6) is -0.527. The van der Waals surface area contributed by atoms with Crippen molar-refractivity contribution >= 4 is 16.0 Å². The zero-order valence-corrected chi connectivity index (χ0v) is 12.8. The Hall–Kier alpha value is -1.44. The number of benzene rings is 1. The number of sulfonamides is 1. The van der Waals surface area contributed by atoms with Crippen molar-refractivity contribution in [3.8, 4) is 0 Å². The first-order valence-electron chi connectivity index (χ1n) is 6.88. The highest BCUT2D eigenvalue weighted by Crippen LogP contribution is 2.10. The summed E-state index contributed by atoms with van der Waals surface area (Å²) in [5, 5.41) is 3.17. The molecule has 2 rings (SSSR count). The first kappa shape index (κ1) is 15.9. The zero-order chi connectivity index (χ0) is 15.3. The number of hydrogen-bond donors (Lipinski definition) is 2.